The van der Waals surface area contributed by atoms with Gasteiger partial charge in [-0.3, -0.25) is 4.79 Å². The van der Waals surface area contributed by atoms with Crippen molar-refractivity contribution < 1.29 is 24.2 Å². The van der Waals surface area contributed by atoms with Crippen molar-refractivity contribution in [1.82, 2.24) is 5.32 Å². The smallest absolute Gasteiger partial charge is 0.326 e. The summed E-state index contributed by atoms with van der Waals surface area (Å²) in [5.74, 6) is -0.265. The minimum absolute atomic E-state index is 0.148. The first-order valence-corrected chi connectivity index (χ1v) is 12.3. The fourth-order valence-electron chi connectivity index (χ4n) is 3.74. The molecule has 192 valence electrons. The molecule has 0 radical (unpaired) electrons. The van der Waals surface area contributed by atoms with Crippen LogP contribution in [0.15, 0.2) is 115 Å². The minimum atomic E-state index is -1.10. The molecule has 0 unspecified atom stereocenters. The normalized spacial score (nSPS) is 11.6. The van der Waals surface area contributed by atoms with Crippen molar-refractivity contribution in [2.45, 2.75) is 19.1 Å². The van der Waals surface area contributed by atoms with Crippen molar-refractivity contribution in [3.63, 3.8) is 0 Å². The Bertz CT molecular complexity index is 1330. The number of ether oxygens (including phenoxy) is 2. The third kappa shape index (κ3) is 8.10. The van der Waals surface area contributed by atoms with Crippen LogP contribution in [0.25, 0.3) is 6.08 Å². The number of carboxylic acid groups (broad SMARTS) is 1. The van der Waals surface area contributed by atoms with E-state index in [1.807, 2.05) is 72.8 Å². The maximum Gasteiger partial charge on any atom is 0.326 e. The van der Waals surface area contributed by atoms with E-state index in [0.29, 0.717) is 30.3 Å². The zero-order valence-electron chi connectivity index (χ0n) is 20.8. The average Bonchev–Trinajstić information content (AvgIpc) is 2.96. The Balaban J connectivity index is 1.27. The Hall–Kier alpha value is -4.84. The summed E-state index contributed by atoms with van der Waals surface area (Å²) >= 11 is 0. The molecular formula is C32H29NO5. The molecule has 4 rings (SSSR count). The molecule has 0 saturated heterocycles. The summed E-state index contributed by atoms with van der Waals surface area (Å²) < 4.78 is 11.5. The van der Waals surface area contributed by atoms with E-state index in [-0.39, 0.29) is 6.42 Å². The summed E-state index contributed by atoms with van der Waals surface area (Å²) in [5, 5.41) is 12.3. The van der Waals surface area contributed by atoms with Crippen LogP contribution in [0.3, 0.4) is 0 Å². The lowest BCUT2D eigenvalue weighted by molar-refractivity contribution is -0.139. The summed E-state index contributed by atoms with van der Waals surface area (Å²) in [6, 6.07) is 32.5. The van der Waals surface area contributed by atoms with Crippen LogP contribution in [0.4, 0.5) is 0 Å². The highest BCUT2D eigenvalue weighted by Crippen LogP contribution is 2.16. The maximum atomic E-state index is 12.7. The molecule has 4 aromatic rings. The Labute approximate surface area is 222 Å². The van der Waals surface area contributed by atoms with Gasteiger partial charge in [0.15, 0.2) is 0 Å². The molecular weight excluding hydrogens is 478 g/mol. The van der Waals surface area contributed by atoms with Crippen molar-refractivity contribution in [3.8, 4) is 11.5 Å². The fraction of sp³-hybridized carbons (Fsp3) is 0.125. The zero-order chi connectivity index (χ0) is 26.6. The Morgan fingerprint density at radius 3 is 2.00 bits per heavy atom. The molecule has 0 aliphatic rings. The first-order chi connectivity index (χ1) is 18.6. The maximum absolute atomic E-state index is 12.7. The molecule has 0 fully saturated rings. The van der Waals surface area contributed by atoms with Crippen LogP contribution in [0, 0.1) is 0 Å². The standard InChI is InChI=1S/C32H29NO5/c34-31(27-15-19-28(20-16-27)37-21-7-12-24-8-3-1-4-9-24)33-30(32(35)36)22-25-13-17-29(18-14-25)38-23-26-10-5-2-6-11-26/h1-20,30H,21-23H2,(H,33,34)(H,35,36)/b12-7+/t30-/m0/s1. The molecule has 0 saturated carbocycles. The number of hydrogen-bond acceptors (Lipinski definition) is 4. The molecule has 2 N–H and O–H groups in total. The Morgan fingerprint density at radius 2 is 1.34 bits per heavy atom. The van der Waals surface area contributed by atoms with Crippen molar-refractivity contribution in [2.75, 3.05) is 6.61 Å². The lowest BCUT2D eigenvalue weighted by Crippen LogP contribution is -2.42. The summed E-state index contributed by atoms with van der Waals surface area (Å²) in [6.45, 7) is 0.833. The van der Waals surface area contributed by atoms with E-state index in [2.05, 4.69) is 5.32 Å². The van der Waals surface area contributed by atoms with E-state index in [1.54, 1.807) is 48.5 Å². The van der Waals surface area contributed by atoms with Gasteiger partial charge in [0.1, 0.15) is 30.8 Å². The number of carbonyl (C=O) groups is 2. The number of amides is 1. The first kappa shape index (κ1) is 26.2. The monoisotopic (exact) mass is 507 g/mol. The van der Waals surface area contributed by atoms with Crippen molar-refractivity contribution >= 4 is 18.0 Å². The highest BCUT2D eigenvalue weighted by molar-refractivity contribution is 5.96. The molecule has 0 aliphatic carbocycles. The zero-order valence-corrected chi connectivity index (χ0v) is 20.8. The van der Waals surface area contributed by atoms with Crippen molar-refractivity contribution in [2.24, 2.45) is 0 Å². The number of carbonyl (C=O) groups excluding carboxylic acids is 1. The van der Waals surface area contributed by atoms with Gasteiger partial charge in [0.2, 0.25) is 0 Å². The molecule has 0 heterocycles. The van der Waals surface area contributed by atoms with Gasteiger partial charge in [0.05, 0.1) is 0 Å². The Kier molecular flexibility index (Phi) is 9.29. The van der Waals surface area contributed by atoms with Crippen LogP contribution >= 0.6 is 0 Å². The second kappa shape index (κ2) is 13.5. The minimum Gasteiger partial charge on any atom is -0.490 e. The van der Waals surface area contributed by atoms with Gasteiger partial charge in [-0.25, -0.2) is 4.79 Å². The third-order valence-electron chi connectivity index (χ3n) is 5.79. The third-order valence-corrected chi connectivity index (χ3v) is 5.79. The van der Waals surface area contributed by atoms with Gasteiger partial charge in [-0.05, 0) is 59.2 Å². The molecule has 0 aliphatic heterocycles. The van der Waals surface area contributed by atoms with Gasteiger partial charge in [-0.1, -0.05) is 78.9 Å². The van der Waals surface area contributed by atoms with Gasteiger partial charge in [0.25, 0.3) is 5.91 Å². The lowest BCUT2D eigenvalue weighted by atomic mass is 10.1. The van der Waals surface area contributed by atoms with Crippen LogP contribution < -0.4 is 14.8 Å². The van der Waals surface area contributed by atoms with Crippen LogP contribution in [0.2, 0.25) is 0 Å². The second-order valence-corrected chi connectivity index (χ2v) is 8.64. The number of benzene rings is 4. The predicted molar refractivity (Wildman–Crippen MR) is 147 cm³/mol. The van der Waals surface area contributed by atoms with E-state index in [9.17, 15) is 14.7 Å². The van der Waals surface area contributed by atoms with Gasteiger partial charge in [-0.15, -0.1) is 0 Å². The van der Waals surface area contributed by atoms with Crippen LogP contribution in [0.1, 0.15) is 27.0 Å². The molecule has 38 heavy (non-hydrogen) atoms. The number of hydrogen-bond donors (Lipinski definition) is 2. The summed E-state index contributed by atoms with van der Waals surface area (Å²) in [5.41, 5.74) is 3.28. The molecule has 1 atom stereocenters. The molecule has 6 nitrogen and oxygen atoms in total. The summed E-state index contributed by atoms with van der Waals surface area (Å²) in [6.07, 6.45) is 4.03. The molecule has 0 aromatic heterocycles. The van der Waals surface area contributed by atoms with Crippen LogP contribution in [0.5, 0.6) is 11.5 Å². The lowest BCUT2D eigenvalue weighted by Gasteiger charge is -2.15. The van der Waals surface area contributed by atoms with Crippen LogP contribution in [-0.4, -0.2) is 29.6 Å². The largest absolute Gasteiger partial charge is 0.490 e. The predicted octanol–water partition coefficient (Wildman–Crippen LogP) is 5.78. The van der Waals surface area contributed by atoms with E-state index < -0.39 is 17.9 Å². The average molecular weight is 508 g/mol. The molecule has 6 heteroatoms. The van der Waals surface area contributed by atoms with Gasteiger partial charge >= 0.3 is 5.97 Å². The van der Waals surface area contributed by atoms with Gasteiger partial charge in [0, 0.05) is 12.0 Å². The van der Waals surface area contributed by atoms with Gasteiger partial charge < -0.3 is 19.9 Å². The van der Waals surface area contributed by atoms with E-state index in [1.165, 1.54) is 0 Å². The number of rotatable bonds is 12. The number of carboxylic acids is 1. The number of aliphatic carboxylic acids is 1. The van der Waals surface area contributed by atoms with E-state index in [0.717, 1.165) is 16.7 Å². The Morgan fingerprint density at radius 1 is 0.737 bits per heavy atom. The van der Waals surface area contributed by atoms with E-state index >= 15 is 0 Å². The highest BCUT2D eigenvalue weighted by Gasteiger charge is 2.21. The molecule has 4 aromatic carbocycles. The van der Waals surface area contributed by atoms with E-state index in [4.69, 9.17) is 9.47 Å². The topological polar surface area (TPSA) is 84.9 Å². The van der Waals surface area contributed by atoms with Crippen molar-refractivity contribution in [1.29, 1.82) is 0 Å². The molecule has 0 bridgehead atoms. The number of nitrogens with one attached hydrogen (secondary N) is 1. The molecule has 0 spiro atoms. The second-order valence-electron chi connectivity index (χ2n) is 8.64. The highest BCUT2D eigenvalue weighted by atomic mass is 16.5. The van der Waals surface area contributed by atoms with Crippen molar-refractivity contribution in [3.05, 3.63) is 138 Å². The first-order valence-electron chi connectivity index (χ1n) is 12.3. The SMILES string of the molecule is O=C(N[C@@H](Cc1ccc(OCc2ccccc2)cc1)C(=O)O)c1ccc(OC/C=C/c2ccccc2)cc1. The molecule has 1 amide bonds. The van der Waals surface area contributed by atoms with Crippen LogP contribution in [-0.2, 0) is 17.8 Å². The van der Waals surface area contributed by atoms with Gasteiger partial charge in [-0.2, -0.15) is 0 Å². The summed E-state index contributed by atoms with van der Waals surface area (Å²) in [7, 11) is 0. The fourth-order valence-corrected chi connectivity index (χ4v) is 3.74. The quantitative estimate of drug-likeness (QED) is 0.254. The summed E-state index contributed by atoms with van der Waals surface area (Å²) in [4.78, 5) is 24.5.